The second kappa shape index (κ2) is 7.04. The molecule has 0 aliphatic rings. The van der Waals surface area contributed by atoms with E-state index in [1.54, 1.807) is 0 Å². The van der Waals surface area contributed by atoms with E-state index in [9.17, 15) is 0 Å². The first-order valence-electron chi connectivity index (χ1n) is 4.69. The highest BCUT2D eigenvalue weighted by atomic mass is 35.5. The Bertz CT molecular complexity index is 282. The van der Waals surface area contributed by atoms with Gasteiger partial charge in [0.2, 0.25) is 0 Å². The summed E-state index contributed by atoms with van der Waals surface area (Å²) in [5, 5.41) is 0. The molecule has 0 aliphatic carbocycles. The van der Waals surface area contributed by atoms with Gasteiger partial charge in [-0.05, 0) is 29.7 Å². The normalized spacial score (nSPS) is 10.1. The Morgan fingerprint density at radius 3 is 2.33 bits per heavy atom. The summed E-state index contributed by atoms with van der Waals surface area (Å²) < 4.78 is 0. The van der Waals surface area contributed by atoms with E-state index in [1.165, 1.54) is 5.56 Å². The summed E-state index contributed by atoms with van der Waals surface area (Å²) in [6, 6.07) is 4.22. The molecule has 1 aromatic rings. The number of hydrogen-bond donors (Lipinski definition) is 1. The van der Waals surface area contributed by atoms with Crippen molar-refractivity contribution in [3.05, 3.63) is 29.6 Å². The van der Waals surface area contributed by atoms with Crippen LogP contribution in [0.5, 0.6) is 0 Å². The van der Waals surface area contributed by atoms with Crippen molar-refractivity contribution in [3.63, 3.8) is 0 Å². The molecule has 4 heteroatoms. The smallest absolute Gasteiger partial charge is 0.0419 e. The van der Waals surface area contributed by atoms with Gasteiger partial charge in [-0.25, -0.2) is 0 Å². The first-order chi connectivity index (χ1) is 6.04. The van der Waals surface area contributed by atoms with Crippen molar-refractivity contribution in [3.8, 4) is 0 Å². The van der Waals surface area contributed by atoms with Gasteiger partial charge >= 0.3 is 0 Å². The molecule has 0 fully saturated rings. The topological polar surface area (TPSA) is 38.9 Å². The van der Waals surface area contributed by atoms with E-state index in [2.05, 4.69) is 37.9 Å². The van der Waals surface area contributed by atoms with Gasteiger partial charge in [-0.2, -0.15) is 0 Å². The average Bonchev–Trinajstić information content (AvgIpc) is 2.04. The lowest BCUT2D eigenvalue weighted by Gasteiger charge is -2.19. The molecule has 2 nitrogen and oxygen atoms in total. The summed E-state index contributed by atoms with van der Waals surface area (Å²) in [6.07, 6.45) is 2.73. The predicted octanol–water partition coefficient (Wildman–Crippen LogP) is 2.72. The molecule has 0 saturated carbocycles. The monoisotopic (exact) mass is 250 g/mol. The van der Waals surface area contributed by atoms with Crippen LogP contribution in [0.15, 0.2) is 18.3 Å². The average molecular weight is 251 g/mol. The van der Waals surface area contributed by atoms with Crippen molar-refractivity contribution in [2.24, 2.45) is 5.73 Å². The van der Waals surface area contributed by atoms with Crippen LogP contribution in [0.1, 0.15) is 32.0 Å². The van der Waals surface area contributed by atoms with E-state index >= 15 is 0 Å². The summed E-state index contributed by atoms with van der Waals surface area (Å²) in [5.74, 6) is 0. The molecule has 15 heavy (non-hydrogen) atoms. The van der Waals surface area contributed by atoms with Crippen LogP contribution in [0.2, 0.25) is 0 Å². The fraction of sp³-hybridized carbons (Fsp3) is 0.545. The quantitative estimate of drug-likeness (QED) is 0.877. The van der Waals surface area contributed by atoms with Crippen molar-refractivity contribution in [1.82, 2.24) is 4.98 Å². The van der Waals surface area contributed by atoms with Gasteiger partial charge < -0.3 is 5.73 Å². The highest BCUT2D eigenvalue weighted by molar-refractivity contribution is 5.85. The maximum absolute atomic E-state index is 5.48. The molecule has 0 atom stereocenters. The lowest BCUT2D eigenvalue weighted by Crippen LogP contribution is -2.12. The van der Waals surface area contributed by atoms with Crippen LogP contribution in [0.25, 0.3) is 0 Å². The third-order valence-corrected chi connectivity index (χ3v) is 2.08. The van der Waals surface area contributed by atoms with Gasteiger partial charge in [0, 0.05) is 18.3 Å². The van der Waals surface area contributed by atoms with Crippen LogP contribution < -0.4 is 5.73 Å². The number of rotatable bonds is 2. The van der Waals surface area contributed by atoms with E-state index in [1.807, 2.05) is 6.20 Å². The number of nitrogens with two attached hydrogens (primary N) is 1. The Labute approximate surface area is 104 Å². The first-order valence-corrected chi connectivity index (χ1v) is 4.69. The molecule has 0 spiro atoms. The van der Waals surface area contributed by atoms with Crippen LogP contribution in [-0.2, 0) is 11.8 Å². The van der Waals surface area contributed by atoms with Crippen molar-refractivity contribution >= 4 is 24.8 Å². The minimum absolute atomic E-state index is 0. The van der Waals surface area contributed by atoms with Gasteiger partial charge in [-0.15, -0.1) is 24.8 Å². The fourth-order valence-corrected chi connectivity index (χ4v) is 1.23. The van der Waals surface area contributed by atoms with Crippen molar-refractivity contribution in [2.45, 2.75) is 32.6 Å². The Kier molecular flexibility index (Phi) is 8.03. The summed E-state index contributed by atoms with van der Waals surface area (Å²) in [6.45, 7) is 7.28. The maximum atomic E-state index is 5.48. The van der Waals surface area contributed by atoms with Gasteiger partial charge in [-0.3, -0.25) is 4.98 Å². The molecule has 0 saturated heterocycles. The lowest BCUT2D eigenvalue weighted by molar-refractivity contribution is 0.587. The van der Waals surface area contributed by atoms with E-state index in [-0.39, 0.29) is 30.2 Å². The second-order valence-electron chi connectivity index (χ2n) is 4.32. The molecule has 2 N–H and O–H groups in total. The third kappa shape index (κ3) is 5.36. The van der Waals surface area contributed by atoms with Gasteiger partial charge in [0.25, 0.3) is 0 Å². The molecule has 0 bridgehead atoms. The molecule has 0 amide bonds. The summed E-state index contributed by atoms with van der Waals surface area (Å²) in [7, 11) is 0. The Morgan fingerprint density at radius 2 is 1.87 bits per heavy atom. The molecule has 0 aromatic carbocycles. The van der Waals surface area contributed by atoms with E-state index in [0.29, 0.717) is 6.54 Å². The minimum atomic E-state index is 0. The highest BCUT2D eigenvalue weighted by Gasteiger charge is 2.13. The van der Waals surface area contributed by atoms with Gasteiger partial charge in [0.1, 0.15) is 0 Å². The summed E-state index contributed by atoms with van der Waals surface area (Å²) in [5.41, 5.74) is 8.10. The van der Waals surface area contributed by atoms with Crippen LogP contribution in [0.4, 0.5) is 0 Å². The first kappa shape index (κ1) is 17.1. The van der Waals surface area contributed by atoms with Gasteiger partial charge in [-0.1, -0.05) is 20.8 Å². The molecule has 0 unspecified atom stereocenters. The Balaban J connectivity index is 0. The number of pyridine rings is 1. The van der Waals surface area contributed by atoms with Crippen molar-refractivity contribution in [2.75, 3.05) is 6.54 Å². The number of aromatic nitrogens is 1. The Morgan fingerprint density at radius 1 is 1.27 bits per heavy atom. The van der Waals surface area contributed by atoms with Crippen molar-refractivity contribution < 1.29 is 0 Å². The molecular formula is C11H20Cl2N2. The Hall–Kier alpha value is -0.310. The zero-order valence-electron chi connectivity index (χ0n) is 9.49. The summed E-state index contributed by atoms with van der Waals surface area (Å²) >= 11 is 0. The third-order valence-electron chi connectivity index (χ3n) is 2.08. The van der Waals surface area contributed by atoms with E-state index in [0.717, 1.165) is 12.1 Å². The molecule has 1 rings (SSSR count). The molecular weight excluding hydrogens is 231 g/mol. The molecule has 1 aromatic heterocycles. The van der Waals surface area contributed by atoms with Crippen LogP contribution in [0.3, 0.4) is 0 Å². The number of halogens is 2. The van der Waals surface area contributed by atoms with Gasteiger partial charge in [0.05, 0.1) is 0 Å². The van der Waals surface area contributed by atoms with Crippen LogP contribution in [-0.4, -0.2) is 11.5 Å². The van der Waals surface area contributed by atoms with Gasteiger partial charge in [0.15, 0.2) is 0 Å². The molecule has 1 heterocycles. The van der Waals surface area contributed by atoms with Crippen LogP contribution >= 0.6 is 24.8 Å². The molecule has 88 valence electrons. The zero-order chi connectivity index (χ0) is 9.90. The summed E-state index contributed by atoms with van der Waals surface area (Å²) in [4.78, 5) is 4.26. The largest absolute Gasteiger partial charge is 0.330 e. The minimum Gasteiger partial charge on any atom is -0.330 e. The SMILES string of the molecule is CC(C)(C)c1ccnc(CCN)c1.Cl.Cl. The van der Waals surface area contributed by atoms with Crippen molar-refractivity contribution in [1.29, 1.82) is 0 Å². The standard InChI is InChI=1S/C11H18N2.2ClH/c1-11(2,3)9-5-7-13-10(8-9)4-6-12;;/h5,7-8H,4,6,12H2,1-3H3;2*1H. The molecule has 0 radical (unpaired) electrons. The number of nitrogens with zero attached hydrogens (tertiary/aromatic N) is 1. The highest BCUT2D eigenvalue weighted by Crippen LogP contribution is 2.21. The zero-order valence-corrected chi connectivity index (χ0v) is 11.1. The lowest BCUT2D eigenvalue weighted by atomic mass is 9.87. The van der Waals surface area contributed by atoms with E-state index < -0.39 is 0 Å². The molecule has 0 aliphatic heterocycles. The fourth-order valence-electron chi connectivity index (χ4n) is 1.23. The predicted molar refractivity (Wildman–Crippen MR) is 70.2 cm³/mol. The maximum Gasteiger partial charge on any atom is 0.0419 e. The van der Waals surface area contributed by atoms with E-state index in [4.69, 9.17) is 5.73 Å². The number of hydrogen-bond acceptors (Lipinski definition) is 2. The second-order valence-corrected chi connectivity index (χ2v) is 4.32. The van der Waals surface area contributed by atoms with Crippen LogP contribution in [0, 0.1) is 0 Å².